The molecule has 2 aromatic rings. The Kier molecular flexibility index (Phi) is 7.27. The van der Waals surface area contributed by atoms with Crippen LogP contribution in [0.5, 0.6) is 0 Å². The van der Waals surface area contributed by atoms with E-state index in [0.29, 0.717) is 23.6 Å². The van der Waals surface area contributed by atoms with E-state index >= 15 is 0 Å². The van der Waals surface area contributed by atoms with E-state index in [1.807, 2.05) is 24.3 Å². The van der Waals surface area contributed by atoms with Crippen LogP contribution in [0.1, 0.15) is 83.1 Å². The molecule has 1 aliphatic carbocycles. The number of aliphatic carboxylic acids is 2. The second-order valence-electron chi connectivity index (χ2n) is 10.7. The molecule has 2 unspecified atom stereocenters. The number of hydrogen-bond acceptors (Lipinski definition) is 6. The number of nitrogens with one attached hydrogen (secondary N) is 1. The van der Waals surface area contributed by atoms with Gasteiger partial charge in [-0.25, -0.2) is 9.78 Å². The van der Waals surface area contributed by atoms with E-state index in [0.717, 1.165) is 31.2 Å². The van der Waals surface area contributed by atoms with Gasteiger partial charge in [0.15, 0.2) is 5.82 Å². The first-order valence-corrected chi connectivity index (χ1v) is 13.4. The number of rotatable bonds is 7. The first kappa shape index (κ1) is 24.7. The van der Waals surface area contributed by atoms with Crippen LogP contribution in [0.15, 0.2) is 29.1 Å². The first-order valence-electron chi connectivity index (χ1n) is 13.4. The van der Waals surface area contributed by atoms with Crippen LogP contribution in [0.4, 0.5) is 5.82 Å². The summed E-state index contributed by atoms with van der Waals surface area (Å²) in [5.74, 6) is -2.69. The Bertz CT molecular complexity index is 1160. The molecule has 0 radical (unpaired) electrons. The largest absolute Gasteiger partial charge is 0.481 e. The predicted molar refractivity (Wildman–Crippen MR) is 136 cm³/mol. The second-order valence-corrected chi connectivity index (χ2v) is 10.7. The van der Waals surface area contributed by atoms with Gasteiger partial charge in [0.05, 0.1) is 17.5 Å². The third-order valence-corrected chi connectivity index (χ3v) is 8.41. The highest BCUT2D eigenvalue weighted by Gasteiger charge is 2.44. The molecule has 1 aromatic carbocycles. The van der Waals surface area contributed by atoms with Gasteiger partial charge in [-0.05, 0) is 50.7 Å². The summed E-state index contributed by atoms with van der Waals surface area (Å²) in [7, 11) is 0. The number of carboxylic acids is 2. The van der Waals surface area contributed by atoms with E-state index in [9.17, 15) is 19.5 Å². The Morgan fingerprint density at radius 1 is 0.917 bits per heavy atom. The van der Waals surface area contributed by atoms with E-state index in [2.05, 4.69) is 15.2 Å². The highest BCUT2D eigenvalue weighted by atomic mass is 16.4. The maximum Gasteiger partial charge on any atom is 0.326 e. The van der Waals surface area contributed by atoms with Gasteiger partial charge in [-0.15, -0.1) is 0 Å². The van der Waals surface area contributed by atoms with Crippen molar-refractivity contribution in [1.82, 2.24) is 14.5 Å². The fourth-order valence-electron chi connectivity index (χ4n) is 6.87. The third-order valence-electron chi connectivity index (χ3n) is 8.41. The van der Waals surface area contributed by atoms with Crippen molar-refractivity contribution in [2.45, 2.75) is 107 Å². The molecule has 4 atom stereocenters. The van der Waals surface area contributed by atoms with Crippen molar-refractivity contribution in [3.8, 4) is 0 Å². The zero-order valence-electron chi connectivity index (χ0n) is 20.6. The Hall–Kier alpha value is -2.94. The number of aromatic nitrogens is 2. The molecule has 0 spiro atoms. The van der Waals surface area contributed by atoms with Crippen LogP contribution >= 0.6 is 0 Å². The molecule has 5 rings (SSSR count). The summed E-state index contributed by atoms with van der Waals surface area (Å²) in [5, 5.41) is 21.3. The van der Waals surface area contributed by atoms with Crippen molar-refractivity contribution in [3.63, 3.8) is 0 Å². The predicted octanol–water partition coefficient (Wildman–Crippen LogP) is 4.02. The van der Waals surface area contributed by atoms with Gasteiger partial charge in [0.2, 0.25) is 0 Å². The van der Waals surface area contributed by atoms with Gasteiger partial charge in [0, 0.05) is 24.2 Å². The number of carboxylic acid groups (broad SMARTS) is 2. The lowest BCUT2D eigenvalue weighted by Gasteiger charge is -2.45. The van der Waals surface area contributed by atoms with Crippen LogP contribution in [-0.4, -0.2) is 60.8 Å². The molecule has 3 heterocycles. The third kappa shape index (κ3) is 4.98. The van der Waals surface area contributed by atoms with Crippen molar-refractivity contribution in [2.24, 2.45) is 0 Å². The number of para-hydroxylation sites is 2. The summed E-state index contributed by atoms with van der Waals surface area (Å²) in [6.45, 7) is 0. The van der Waals surface area contributed by atoms with E-state index in [4.69, 9.17) is 5.11 Å². The van der Waals surface area contributed by atoms with Gasteiger partial charge in [0.1, 0.15) is 6.04 Å². The maximum absolute atomic E-state index is 13.7. The molecule has 2 bridgehead atoms. The van der Waals surface area contributed by atoms with Gasteiger partial charge >= 0.3 is 11.9 Å². The number of piperidine rings is 1. The Morgan fingerprint density at radius 3 is 2.19 bits per heavy atom. The summed E-state index contributed by atoms with van der Waals surface area (Å²) in [4.78, 5) is 43.7. The minimum absolute atomic E-state index is 0.00370. The maximum atomic E-state index is 13.7. The average molecular weight is 497 g/mol. The molecule has 3 N–H and O–H groups in total. The molecule has 2 aliphatic heterocycles. The van der Waals surface area contributed by atoms with Crippen LogP contribution in [0.25, 0.3) is 11.0 Å². The molecular weight excluding hydrogens is 460 g/mol. The lowest BCUT2D eigenvalue weighted by Crippen LogP contribution is -2.50. The van der Waals surface area contributed by atoms with Crippen molar-refractivity contribution in [3.05, 3.63) is 34.6 Å². The number of anilines is 1. The zero-order valence-corrected chi connectivity index (χ0v) is 20.6. The van der Waals surface area contributed by atoms with Crippen molar-refractivity contribution >= 4 is 28.8 Å². The number of benzene rings is 1. The number of nitrogens with zero attached hydrogens (tertiary/aromatic N) is 3. The first-order chi connectivity index (χ1) is 17.4. The van der Waals surface area contributed by atoms with E-state index < -0.39 is 24.4 Å². The quantitative estimate of drug-likeness (QED) is 0.525. The zero-order chi connectivity index (χ0) is 25.2. The monoisotopic (exact) mass is 496 g/mol. The Morgan fingerprint density at radius 2 is 1.56 bits per heavy atom. The van der Waals surface area contributed by atoms with Gasteiger partial charge in [-0.3, -0.25) is 14.5 Å². The lowest BCUT2D eigenvalue weighted by molar-refractivity contribution is -0.144. The van der Waals surface area contributed by atoms with Crippen LogP contribution in [0, 0.1) is 0 Å². The summed E-state index contributed by atoms with van der Waals surface area (Å²) in [5.41, 5.74) is 0.949. The summed E-state index contributed by atoms with van der Waals surface area (Å²) in [6, 6.07) is 7.52. The molecule has 9 nitrogen and oxygen atoms in total. The molecule has 0 amide bonds. The summed E-state index contributed by atoms with van der Waals surface area (Å²) < 4.78 is 1.80. The van der Waals surface area contributed by atoms with Crippen molar-refractivity contribution in [1.29, 1.82) is 0 Å². The average Bonchev–Trinajstić information content (AvgIpc) is 3.07. The summed E-state index contributed by atoms with van der Waals surface area (Å²) in [6.07, 6.45) is 12.6. The van der Waals surface area contributed by atoms with Gasteiger partial charge in [0.25, 0.3) is 5.56 Å². The molecule has 194 valence electrons. The topological polar surface area (TPSA) is 125 Å². The second kappa shape index (κ2) is 10.6. The molecule has 1 aromatic heterocycles. The van der Waals surface area contributed by atoms with Crippen LogP contribution in [-0.2, 0) is 9.59 Å². The van der Waals surface area contributed by atoms with E-state index in [-0.39, 0.29) is 17.4 Å². The summed E-state index contributed by atoms with van der Waals surface area (Å²) >= 11 is 0. The number of fused-ring (bicyclic) bond motifs is 3. The van der Waals surface area contributed by atoms with Gasteiger partial charge < -0.3 is 20.1 Å². The smallest absolute Gasteiger partial charge is 0.326 e. The molecule has 2 saturated heterocycles. The van der Waals surface area contributed by atoms with Crippen LogP contribution in [0.2, 0.25) is 0 Å². The van der Waals surface area contributed by atoms with E-state index in [1.165, 1.54) is 44.9 Å². The van der Waals surface area contributed by atoms with Crippen molar-refractivity contribution in [2.75, 3.05) is 5.32 Å². The van der Waals surface area contributed by atoms with Crippen LogP contribution in [0.3, 0.4) is 0 Å². The molecular formula is C27H36N4O5. The molecule has 3 fully saturated rings. The highest BCUT2D eigenvalue weighted by Crippen LogP contribution is 2.44. The van der Waals surface area contributed by atoms with Gasteiger partial charge in [-0.1, -0.05) is 44.2 Å². The normalized spacial score (nSPS) is 26.3. The van der Waals surface area contributed by atoms with Gasteiger partial charge in [-0.2, -0.15) is 0 Å². The molecule has 3 aliphatic rings. The Labute approximate surface area is 210 Å². The highest BCUT2D eigenvalue weighted by molar-refractivity contribution is 5.84. The van der Waals surface area contributed by atoms with Crippen molar-refractivity contribution < 1.29 is 19.8 Å². The molecule has 1 saturated carbocycles. The molecule has 9 heteroatoms. The number of carbonyl (C=O) groups is 2. The standard InChI is InChI=1S/C27H36N4O5/c32-24(33)16-22(27(35)36)29-25-26(34)31(23-11-7-6-10-21(23)28-25)20-14-18-12-13-19(15-20)30(18)17-8-4-2-1-3-5-9-17/h6-7,10-11,17-20,22H,1-5,8-9,12-16H2,(H,28,29)(H,32,33)(H,35,36)/t18-,19?,20?,22+/m0/s1. The van der Waals surface area contributed by atoms with Crippen LogP contribution < -0.4 is 10.9 Å². The number of hydrogen-bond donors (Lipinski definition) is 3. The van der Waals surface area contributed by atoms with E-state index in [1.54, 1.807) is 4.57 Å². The fraction of sp³-hybridized carbons (Fsp3) is 0.630. The Balaban J connectivity index is 1.46. The molecule has 36 heavy (non-hydrogen) atoms. The fourth-order valence-corrected chi connectivity index (χ4v) is 6.87. The minimum Gasteiger partial charge on any atom is -0.481 e. The SMILES string of the molecule is O=C(O)C[C@@H](Nc1nc2ccccc2n(C2CC3CC[C@@H](C2)N3C2CCCCCCC2)c1=O)C(=O)O. The lowest BCUT2D eigenvalue weighted by atomic mass is 9.89. The minimum atomic E-state index is -1.44.